The van der Waals surface area contributed by atoms with Crippen LogP contribution in [-0.2, 0) is 0 Å². The molecule has 0 atom stereocenters. The molecule has 0 aliphatic rings. The Morgan fingerprint density at radius 3 is 1.58 bits per heavy atom. The molecule has 11 aromatic rings. The lowest BCUT2D eigenvalue weighted by atomic mass is 9.99. The van der Waals surface area contributed by atoms with Crippen LogP contribution >= 0.6 is 0 Å². The molecule has 0 aliphatic heterocycles. The van der Waals surface area contributed by atoms with Crippen molar-refractivity contribution in [3.05, 3.63) is 164 Å². The Morgan fingerprint density at radius 1 is 0.340 bits per heavy atom. The number of benzene rings is 7. The Kier molecular flexibility index (Phi) is 5.60. The first-order chi connectivity index (χ1) is 24.8. The molecule has 5 heteroatoms. The molecule has 50 heavy (non-hydrogen) atoms. The summed E-state index contributed by atoms with van der Waals surface area (Å²) < 4.78 is 4.59. The van der Waals surface area contributed by atoms with Gasteiger partial charge in [0, 0.05) is 43.4 Å². The maximum Gasteiger partial charge on any atom is 0.238 e. The van der Waals surface area contributed by atoms with Gasteiger partial charge in [0.2, 0.25) is 5.95 Å². The SMILES string of the molecule is c1ccc(-c2ccccc2-c2nc(-c3cccc4c3c3cccc5c6ccccc6n4c53)nc(-n3c4ccccc4c4ccccc43)n2)cc1. The van der Waals surface area contributed by atoms with Crippen molar-refractivity contribution in [2.24, 2.45) is 0 Å². The molecule has 232 valence electrons. The second-order valence-electron chi connectivity index (χ2n) is 12.8. The predicted octanol–water partition coefficient (Wildman–Crippen LogP) is 11.1. The number of nitrogens with zero attached hydrogens (tertiary/aromatic N) is 5. The van der Waals surface area contributed by atoms with Crippen LogP contribution in [0, 0.1) is 0 Å². The van der Waals surface area contributed by atoms with E-state index in [1.54, 1.807) is 0 Å². The average molecular weight is 638 g/mol. The van der Waals surface area contributed by atoms with Gasteiger partial charge in [-0.1, -0.05) is 140 Å². The van der Waals surface area contributed by atoms with Crippen molar-refractivity contribution in [3.63, 3.8) is 0 Å². The summed E-state index contributed by atoms with van der Waals surface area (Å²) in [4.78, 5) is 16.0. The highest BCUT2D eigenvalue weighted by atomic mass is 15.2. The zero-order valence-electron chi connectivity index (χ0n) is 26.8. The number of hydrogen-bond donors (Lipinski definition) is 0. The highest BCUT2D eigenvalue weighted by molar-refractivity contribution is 6.25. The monoisotopic (exact) mass is 637 g/mol. The van der Waals surface area contributed by atoms with Gasteiger partial charge in [0.25, 0.3) is 0 Å². The van der Waals surface area contributed by atoms with Crippen LogP contribution in [0.1, 0.15) is 0 Å². The molecular formula is C45H27N5. The van der Waals surface area contributed by atoms with E-state index < -0.39 is 0 Å². The lowest BCUT2D eigenvalue weighted by molar-refractivity contribution is 0.954. The van der Waals surface area contributed by atoms with Crippen molar-refractivity contribution >= 4 is 59.9 Å². The maximum atomic E-state index is 5.36. The Bertz CT molecular complexity index is 3040. The molecule has 0 fully saturated rings. The van der Waals surface area contributed by atoms with Crippen LogP contribution in [0.25, 0.3) is 99.8 Å². The van der Waals surface area contributed by atoms with E-state index in [1.807, 2.05) is 6.07 Å². The van der Waals surface area contributed by atoms with Gasteiger partial charge in [0.15, 0.2) is 11.6 Å². The fourth-order valence-electron chi connectivity index (χ4n) is 8.06. The molecule has 5 nitrogen and oxygen atoms in total. The summed E-state index contributed by atoms with van der Waals surface area (Å²) in [5.41, 5.74) is 9.79. The molecule has 0 saturated heterocycles. The molecule has 0 amide bonds. The molecule has 0 unspecified atom stereocenters. The van der Waals surface area contributed by atoms with Crippen molar-refractivity contribution in [2.75, 3.05) is 0 Å². The highest BCUT2D eigenvalue weighted by Crippen LogP contribution is 2.43. The molecule has 11 rings (SSSR count). The minimum atomic E-state index is 0.587. The second-order valence-corrected chi connectivity index (χ2v) is 12.8. The van der Waals surface area contributed by atoms with E-state index in [2.05, 4.69) is 167 Å². The van der Waals surface area contributed by atoms with Crippen LogP contribution in [-0.4, -0.2) is 23.9 Å². The molecular weight excluding hydrogens is 611 g/mol. The van der Waals surface area contributed by atoms with Gasteiger partial charge in [0.1, 0.15) is 0 Å². The van der Waals surface area contributed by atoms with Gasteiger partial charge in [-0.25, -0.2) is 4.98 Å². The molecule has 0 radical (unpaired) electrons. The average Bonchev–Trinajstić information content (AvgIpc) is 3.84. The molecule has 0 N–H and O–H groups in total. The smallest absolute Gasteiger partial charge is 0.238 e. The van der Waals surface area contributed by atoms with Gasteiger partial charge in [-0.2, -0.15) is 9.97 Å². The Balaban J connectivity index is 1.26. The second kappa shape index (κ2) is 10.3. The van der Waals surface area contributed by atoms with Crippen LogP contribution in [0.3, 0.4) is 0 Å². The number of fused-ring (bicyclic) bond motifs is 9. The molecule has 4 aromatic heterocycles. The van der Waals surface area contributed by atoms with Gasteiger partial charge >= 0.3 is 0 Å². The first-order valence-electron chi connectivity index (χ1n) is 16.9. The third-order valence-corrected chi connectivity index (χ3v) is 10.1. The topological polar surface area (TPSA) is 48.0 Å². The third kappa shape index (κ3) is 3.74. The van der Waals surface area contributed by atoms with Crippen LogP contribution in [0.2, 0.25) is 0 Å². The van der Waals surface area contributed by atoms with Gasteiger partial charge in [-0.15, -0.1) is 0 Å². The molecule has 0 saturated carbocycles. The number of aromatic nitrogens is 5. The van der Waals surface area contributed by atoms with Crippen LogP contribution in [0.15, 0.2) is 164 Å². The van der Waals surface area contributed by atoms with E-state index in [1.165, 1.54) is 27.2 Å². The molecule has 4 heterocycles. The van der Waals surface area contributed by atoms with Gasteiger partial charge in [-0.05, 0) is 35.4 Å². The van der Waals surface area contributed by atoms with E-state index >= 15 is 0 Å². The van der Waals surface area contributed by atoms with Crippen molar-refractivity contribution in [1.29, 1.82) is 0 Å². The van der Waals surface area contributed by atoms with Crippen LogP contribution < -0.4 is 0 Å². The van der Waals surface area contributed by atoms with Gasteiger partial charge in [0.05, 0.1) is 27.6 Å². The minimum Gasteiger partial charge on any atom is -0.308 e. The summed E-state index contributed by atoms with van der Waals surface area (Å²) >= 11 is 0. The molecule has 7 aromatic carbocycles. The van der Waals surface area contributed by atoms with E-state index in [0.717, 1.165) is 55.0 Å². The van der Waals surface area contributed by atoms with E-state index in [4.69, 9.17) is 15.0 Å². The fraction of sp³-hybridized carbons (Fsp3) is 0. The fourth-order valence-corrected chi connectivity index (χ4v) is 8.06. The minimum absolute atomic E-state index is 0.587. The van der Waals surface area contributed by atoms with E-state index in [9.17, 15) is 0 Å². The van der Waals surface area contributed by atoms with Crippen LogP contribution in [0.4, 0.5) is 0 Å². The third-order valence-electron chi connectivity index (χ3n) is 10.1. The van der Waals surface area contributed by atoms with Gasteiger partial charge < -0.3 is 4.40 Å². The highest BCUT2D eigenvalue weighted by Gasteiger charge is 2.23. The first kappa shape index (κ1) is 27.1. The maximum absolute atomic E-state index is 5.36. The first-order valence-corrected chi connectivity index (χ1v) is 16.9. The largest absolute Gasteiger partial charge is 0.308 e. The summed E-state index contributed by atoms with van der Waals surface area (Å²) in [7, 11) is 0. The summed E-state index contributed by atoms with van der Waals surface area (Å²) in [5.74, 6) is 1.85. The predicted molar refractivity (Wildman–Crippen MR) is 205 cm³/mol. The summed E-state index contributed by atoms with van der Waals surface area (Å²) in [6.07, 6.45) is 0. The Hall–Kier alpha value is -6.85. The van der Waals surface area contributed by atoms with Crippen LogP contribution in [0.5, 0.6) is 0 Å². The van der Waals surface area contributed by atoms with Crippen molar-refractivity contribution in [3.8, 4) is 39.9 Å². The van der Waals surface area contributed by atoms with Crippen molar-refractivity contribution < 1.29 is 0 Å². The normalized spacial score (nSPS) is 12.0. The van der Waals surface area contributed by atoms with E-state index in [0.29, 0.717) is 17.6 Å². The Morgan fingerprint density at radius 2 is 0.840 bits per heavy atom. The lowest BCUT2D eigenvalue weighted by Crippen LogP contribution is -2.07. The summed E-state index contributed by atoms with van der Waals surface area (Å²) in [5, 5.41) is 7.16. The van der Waals surface area contributed by atoms with E-state index in [-0.39, 0.29) is 0 Å². The number of hydrogen-bond acceptors (Lipinski definition) is 3. The summed E-state index contributed by atoms with van der Waals surface area (Å²) in [6.45, 7) is 0. The number of para-hydroxylation sites is 4. The molecule has 0 bridgehead atoms. The number of rotatable bonds is 4. The van der Waals surface area contributed by atoms with Crippen molar-refractivity contribution in [2.45, 2.75) is 0 Å². The Labute approximate surface area is 286 Å². The summed E-state index contributed by atoms with van der Waals surface area (Å²) in [6, 6.07) is 57.6. The zero-order valence-corrected chi connectivity index (χ0v) is 26.8. The zero-order chi connectivity index (χ0) is 32.8. The van der Waals surface area contributed by atoms with Crippen molar-refractivity contribution in [1.82, 2.24) is 23.9 Å². The molecule has 0 aliphatic carbocycles. The quantitative estimate of drug-likeness (QED) is 0.193. The standard InChI is InChI=1S/C45H27N5/c1-2-14-28(15-3-1)29-16-4-5-20-34(29)43-46-44(48-45(47-43)50-38-25-10-6-17-30(38)31-18-7-11-26-39(31)50)36-23-13-27-40-41(36)35-22-12-21-33-32-19-8-9-24-37(32)49(40)42(33)35/h1-27H. The lowest BCUT2D eigenvalue weighted by Gasteiger charge is -2.14. The van der Waals surface area contributed by atoms with Gasteiger partial charge in [-0.3, -0.25) is 4.57 Å². The molecule has 0 spiro atoms.